The first-order valence-electron chi connectivity index (χ1n) is 11.3. The Balaban J connectivity index is 1.76. The predicted molar refractivity (Wildman–Crippen MR) is 128 cm³/mol. The fourth-order valence-corrected chi connectivity index (χ4v) is 3.68. The predicted octanol–water partition coefficient (Wildman–Crippen LogP) is 7.68. The molecule has 0 aliphatic carbocycles. The van der Waals surface area contributed by atoms with Gasteiger partial charge in [0.1, 0.15) is 11.5 Å². The minimum Gasteiger partial charge on any atom is -0.508 e. The molecule has 0 amide bonds. The molecule has 30 heavy (non-hydrogen) atoms. The molecule has 2 N–H and O–H groups in total. The van der Waals surface area contributed by atoms with Crippen LogP contribution >= 0.6 is 0 Å². The fraction of sp³-hybridized carbons (Fsp3) is 0.429. The van der Waals surface area contributed by atoms with E-state index in [-0.39, 0.29) is 11.5 Å². The van der Waals surface area contributed by atoms with Crippen LogP contribution in [0.3, 0.4) is 0 Å². The summed E-state index contributed by atoms with van der Waals surface area (Å²) in [6.45, 7) is 6.34. The van der Waals surface area contributed by atoms with E-state index in [0.717, 1.165) is 37.7 Å². The number of phenols is 2. The van der Waals surface area contributed by atoms with Gasteiger partial charge in [-0.25, -0.2) is 0 Å². The zero-order valence-corrected chi connectivity index (χ0v) is 19.0. The summed E-state index contributed by atoms with van der Waals surface area (Å²) in [5.41, 5.74) is 5.67. The lowest BCUT2D eigenvalue weighted by molar-refractivity contribution is 0.439. The van der Waals surface area contributed by atoms with Crippen molar-refractivity contribution in [2.45, 2.75) is 78.6 Å². The van der Waals surface area contributed by atoms with Gasteiger partial charge >= 0.3 is 0 Å². The third-order valence-electron chi connectivity index (χ3n) is 5.53. The quantitative estimate of drug-likeness (QED) is 0.280. The van der Waals surface area contributed by atoms with Crippen LogP contribution in [-0.4, -0.2) is 10.2 Å². The lowest BCUT2D eigenvalue weighted by Gasteiger charge is -2.10. The normalized spacial score (nSPS) is 11.5. The Morgan fingerprint density at radius 3 is 1.97 bits per heavy atom. The van der Waals surface area contributed by atoms with Crippen LogP contribution < -0.4 is 0 Å². The summed E-state index contributed by atoms with van der Waals surface area (Å²) in [4.78, 5) is 0. The highest BCUT2D eigenvalue weighted by Gasteiger charge is 2.09. The topological polar surface area (TPSA) is 40.5 Å². The summed E-state index contributed by atoms with van der Waals surface area (Å²) in [6, 6.07) is 14.3. The molecule has 0 heterocycles. The van der Waals surface area contributed by atoms with Gasteiger partial charge in [0.15, 0.2) is 0 Å². The van der Waals surface area contributed by atoms with Crippen molar-refractivity contribution < 1.29 is 10.2 Å². The van der Waals surface area contributed by atoms with E-state index in [0.29, 0.717) is 12.0 Å². The number of hydrogen-bond donors (Lipinski definition) is 2. The molecule has 0 spiro atoms. The van der Waals surface area contributed by atoms with Gasteiger partial charge in [0.05, 0.1) is 0 Å². The van der Waals surface area contributed by atoms with Gasteiger partial charge in [0.25, 0.3) is 0 Å². The summed E-state index contributed by atoms with van der Waals surface area (Å²) >= 11 is 0. The number of aromatic hydroxyl groups is 2. The molecule has 0 atom stereocenters. The first-order valence-corrected chi connectivity index (χ1v) is 11.3. The van der Waals surface area contributed by atoms with Crippen LogP contribution in [0.2, 0.25) is 0 Å². The monoisotopic (exact) mass is 406 g/mol. The van der Waals surface area contributed by atoms with Crippen molar-refractivity contribution in [2.75, 3.05) is 0 Å². The van der Waals surface area contributed by atoms with Gasteiger partial charge in [-0.1, -0.05) is 66.5 Å². The number of aryl methyl sites for hydroxylation is 2. The maximum absolute atomic E-state index is 10.4. The Bertz CT molecular complexity index is 804. The van der Waals surface area contributed by atoms with Crippen LogP contribution in [-0.2, 0) is 19.3 Å². The first-order chi connectivity index (χ1) is 14.5. The van der Waals surface area contributed by atoms with E-state index >= 15 is 0 Å². The number of benzene rings is 2. The summed E-state index contributed by atoms with van der Waals surface area (Å²) in [5, 5.41) is 20.8. The molecular formula is C28H38O2. The van der Waals surface area contributed by atoms with Crippen LogP contribution in [0.15, 0.2) is 65.8 Å². The highest BCUT2D eigenvalue weighted by molar-refractivity contribution is 5.47. The number of allylic oxidation sites excluding steroid dienone is 4. The summed E-state index contributed by atoms with van der Waals surface area (Å²) < 4.78 is 0. The lowest BCUT2D eigenvalue weighted by Crippen LogP contribution is -1.92. The van der Waals surface area contributed by atoms with Crippen molar-refractivity contribution in [3.63, 3.8) is 0 Å². The highest BCUT2D eigenvalue weighted by Crippen LogP contribution is 2.31. The Hall–Kier alpha value is -2.48. The van der Waals surface area contributed by atoms with Crippen molar-refractivity contribution in [1.29, 1.82) is 0 Å². The van der Waals surface area contributed by atoms with Crippen molar-refractivity contribution in [1.82, 2.24) is 0 Å². The fourth-order valence-electron chi connectivity index (χ4n) is 3.68. The average Bonchev–Trinajstić information content (AvgIpc) is 2.70. The smallest absolute Gasteiger partial charge is 0.123 e. The Morgan fingerprint density at radius 1 is 0.767 bits per heavy atom. The van der Waals surface area contributed by atoms with E-state index < -0.39 is 0 Å². The molecule has 0 aliphatic rings. The molecular weight excluding hydrogens is 368 g/mol. The SMILES string of the molecule is CC(C)=CCCC(C)=CCc1c(O)cc(CCCCCCc2ccccc2)cc1O. The zero-order chi connectivity index (χ0) is 21.8. The molecule has 0 fully saturated rings. The van der Waals surface area contributed by atoms with Crippen LogP contribution in [0, 0.1) is 0 Å². The van der Waals surface area contributed by atoms with Gasteiger partial charge in [-0.15, -0.1) is 0 Å². The maximum atomic E-state index is 10.4. The molecule has 0 aliphatic heterocycles. The van der Waals surface area contributed by atoms with E-state index in [1.807, 2.05) is 12.1 Å². The Labute approximate surface area is 183 Å². The van der Waals surface area contributed by atoms with E-state index in [1.165, 1.54) is 36.0 Å². The van der Waals surface area contributed by atoms with E-state index in [9.17, 15) is 10.2 Å². The third-order valence-corrected chi connectivity index (χ3v) is 5.53. The first kappa shape index (κ1) is 23.8. The molecule has 162 valence electrons. The van der Waals surface area contributed by atoms with Gasteiger partial charge in [-0.05, 0) is 89.0 Å². The maximum Gasteiger partial charge on any atom is 0.123 e. The van der Waals surface area contributed by atoms with Crippen LogP contribution in [0.5, 0.6) is 11.5 Å². The van der Waals surface area contributed by atoms with E-state index in [4.69, 9.17) is 0 Å². The number of hydrogen-bond acceptors (Lipinski definition) is 2. The second-order valence-corrected chi connectivity index (χ2v) is 8.59. The van der Waals surface area contributed by atoms with E-state index in [2.05, 4.69) is 63.3 Å². The van der Waals surface area contributed by atoms with Gasteiger partial charge < -0.3 is 10.2 Å². The average molecular weight is 407 g/mol. The van der Waals surface area contributed by atoms with Crippen molar-refractivity contribution >= 4 is 0 Å². The number of phenolic OH excluding ortho intramolecular Hbond substituents is 2. The van der Waals surface area contributed by atoms with Crippen molar-refractivity contribution in [3.8, 4) is 11.5 Å². The van der Waals surface area contributed by atoms with Crippen molar-refractivity contribution in [2.24, 2.45) is 0 Å². The molecule has 0 radical (unpaired) electrons. The highest BCUT2D eigenvalue weighted by atomic mass is 16.3. The Kier molecular flexibility index (Phi) is 10.3. The van der Waals surface area contributed by atoms with E-state index in [1.54, 1.807) is 0 Å². The van der Waals surface area contributed by atoms with Gasteiger partial charge in [0.2, 0.25) is 0 Å². The van der Waals surface area contributed by atoms with Gasteiger partial charge in [-0.3, -0.25) is 0 Å². The minimum atomic E-state index is 0.211. The second-order valence-electron chi connectivity index (χ2n) is 8.59. The third kappa shape index (κ3) is 8.90. The van der Waals surface area contributed by atoms with Gasteiger partial charge in [0, 0.05) is 5.56 Å². The molecule has 2 heteroatoms. The Morgan fingerprint density at radius 2 is 1.37 bits per heavy atom. The summed E-state index contributed by atoms with van der Waals surface area (Å²) in [6.07, 6.45) is 13.7. The number of rotatable bonds is 12. The molecule has 0 saturated heterocycles. The lowest BCUT2D eigenvalue weighted by atomic mass is 9.99. The van der Waals surface area contributed by atoms with Crippen LogP contribution in [0.4, 0.5) is 0 Å². The molecule has 0 unspecified atom stereocenters. The largest absolute Gasteiger partial charge is 0.508 e. The standard InChI is InChI=1S/C28H38O2/c1-22(2)12-11-13-23(3)18-19-26-27(29)20-25(21-28(26)30)17-8-5-4-7-14-24-15-9-6-10-16-24/h6,9-10,12,15-16,18,20-21,29-30H,4-5,7-8,11,13-14,17,19H2,1-3H3. The molecule has 0 saturated carbocycles. The molecule has 2 aromatic carbocycles. The zero-order valence-electron chi connectivity index (χ0n) is 19.0. The summed E-state index contributed by atoms with van der Waals surface area (Å²) in [7, 11) is 0. The second kappa shape index (κ2) is 13.0. The molecule has 2 nitrogen and oxygen atoms in total. The summed E-state index contributed by atoms with van der Waals surface area (Å²) in [5.74, 6) is 0.421. The molecule has 2 rings (SSSR count). The minimum absolute atomic E-state index is 0.211. The van der Waals surface area contributed by atoms with Crippen LogP contribution in [0.25, 0.3) is 0 Å². The molecule has 2 aromatic rings. The van der Waals surface area contributed by atoms with Crippen LogP contribution in [0.1, 0.15) is 76.0 Å². The van der Waals surface area contributed by atoms with Crippen molar-refractivity contribution in [3.05, 3.63) is 82.5 Å². The molecule has 0 aromatic heterocycles. The molecule has 0 bridgehead atoms. The number of unbranched alkanes of at least 4 members (excludes halogenated alkanes) is 3. The van der Waals surface area contributed by atoms with Gasteiger partial charge in [-0.2, -0.15) is 0 Å².